The number of hydrogen-bond donors (Lipinski definition) is 2. The van der Waals surface area contributed by atoms with Gasteiger partial charge in [-0.1, -0.05) is 47.5 Å². The van der Waals surface area contributed by atoms with E-state index in [0.717, 1.165) is 5.56 Å². The first kappa shape index (κ1) is 20.9. The van der Waals surface area contributed by atoms with Crippen LogP contribution in [0, 0.1) is 0 Å². The van der Waals surface area contributed by atoms with Crippen molar-refractivity contribution in [2.75, 3.05) is 7.11 Å². The van der Waals surface area contributed by atoms with Crippen LogP contribution in [-0.4, -0.2) is 24.3 Å². The molecule has 0 atom stereocenters. The molecule has 0 radical (unpaired) electrons. The van der Waals surface area contributed by atoms with Crippen LogP contribution in [0.25, 0.3) is 0 Å². The third-order valence-corrected chi connectivity index (χ3v) is 4.85. The molecule has 5 nitrogen and oxygen atoms in total. The van der Waals surface area contributed by atoms with Gasteiger partial charge in [-0.2, -0.15) is 5.10 Å². The fourth-order valence-electron chi connectivity index (χ4n) is 2.75. The third kappa shape index (κ3) is 4.77. The van der Waals surface area contributed by atoms with E-state index in [-0.39, 0.29) is 0 Å². The molecule has 3 rings (SSSR count). The average Bonchev–Trinajstić information content (AvgIpc) is 2.74. The van der Waals surface area contributed by atoms with E-state index in [2.05, 4.69) is 10.5 Å². The van der Waals surface area contributed by atoms with Gasteiger partial charge in [0, 0.05) is 10.0 Å². The lowest BCUT2D eigenvalue weighted by Gasteiger charge is -2.27. The Bertz CT molecular complexity index is 956. The summed E-state index contributed by atoms with van der Waals surface area (Å²) in [5.74, 6) is -0.00190. The molecule has 0 aliphatic rings. The quantitative estimate of drug-likeness (QED) is 0.451. The lowest BCUT2D eigenvalue weighted by molar-refractivity contribution is -0.136. The van der Waals surface area contributed by atoms with Crippen molar-refractivity contribution in [2.24, 2.45) is 5.10 Å². The van der Waals surface area contributed by atoms with Crippen LogP contribution < -0.4 is 10.2 Å². The number of aliphatic hydroxyl groups is 1. The highest BCUT2D eigenvalue weighted by Gasteiger charge is 2.40. The van der Waals surface area contributed by atoms with Gasteiger partial charge in [-0.15, -0.1) is 0 Å². The summed E-state index contributed by atoms with van der Waals surface area (Å²) in [5.41, 5.74) is 1.88. The highest BCUT2D eigenvalue weighted by Crippen LogP contribution is 2.31. The van der Waals surface area contributed by atoms with Crippen molar-refractivity contribution in [2.45, 2.75) is 5.60 Å². The molecule has 0 unspecified atom stereocenters. The number of carbonyl (C=O) groups excluding carboxylic acids is 1. The second-order valence-electron chi connectivity index (χ2n) is 6.20. The fraction of sp³-hybridized carbons (Fsp3) is 0.0909. The van der Waals surface area contributed by atoms with Gasteiger partial charge in [0.15, 0.2) is 5.60 Å². The second-order valence-corrected chi connectivity index (χ2v) is 7.07. The van der Waals surface area contributed by atoms with E-state index >= 15 is 0 Å². The standard InChI is InChI=1S/C22H18Cl2N2O3/c1-29-20-12-2-15(3-13-20)14-25-26-21(27)22(28,16-4-8-18(23)9-5-16)17-6-10-19(24)11-7-17/h2-14,28H,1H3,(H,26,27)/b25-14+. The Morgan fingerprint density at radius 3 is 1.86 bits per heavy atom. The molecule has 0 aliphatic carbocycles. The van der Waals surface area contributed by atoms with E-state index < -0.39 is 11.5 Å². The summed E-state index contributed by atoms with van der Waals surface area (Å²) >= 11 is 11.9. The van der Waals surface area contributed by atoms with Gasteiger partial charge in [-0.3, -0.25) is 4.79 Å². The van der Waals surface area contributed by atoms with Crippen LogP contribution in [-0.2, 0) is 10.4 Å². The molecule has 1 amide bonds. The van der Waals surface area contributed by atoms with Gasteiger partial charge < -0.3 is 9.84 Å². The van der Waals surface area contributed by atoms with Gasteiger partial charge in [-0.25, -0.2) is 5.43 Å². The van der Waals surface area contributed by atoms with E-state index in [1.165, 1.54) is 6.21 Å². The molecule has 2 N–H and O–H groups in total. The number of nitrogens with one attached hydrogen (secondary N) is 1. The van der Waals surface area contributed by atoms with Gasteiger partial charge in [0.2, 0.25) is 0 Å². The summed E-state index contributed by atoms with van der Waals surface area (Å²) in [5, 5.41) is 16.3. The zero-order chi connectivity index (χ0) is 20.9. The van der Waals surface area contributed by atoms with Crippen molar-refractivity contribution in [3.8, 4) is 5.75 Å². The Kier molecular flexibility index (Phi) is 6.54. The lowest BCUT2D eigenvalue weighted by atomic mass is 9.85. The zero-order valence-corrected chi connectivity index (χ0v) is 17.0. The Morgan fingerprint density at radius 1 is 0.931 bits per heavy atom. The maximum Gasteiger partial charge on any atom is 0.281 e. The molecule has 3 aromatic carbocycles. The van der Waals surface area contributed by atoms with E-state index in [0.29, 0.717) is 26.9 Å². The van der Waals surface area contributed by atoms with Crippen LogP contribution in [0.15, 0.2) is 77.9 Å². The number of hydrazone groups is 1. The van der Waals surface area contributed by atoms with Gasteiger partial charge >= 0.3 is 0 Å². The minimum Gasteiger partial charge on any atom is -0.497 e. The van der Waals surface area contributed by atoms with Crippen molar-refractivity contribution >= 4 is 35.3 Å². The third-order valence-electron chi connectivity index (χ3n) is 4.35. The monoisotopic (exact) mass is 428 g/mol. The van der Waals surface area contributed by atoms with Crippen LogP contribution in [0.2, 0.25) is 10.0 Å². The maximum absolute atomic E-state index is 13.0. The summed E-state index contributed by atoms with van der Waals surface area (Å²) < 4.78 is 5.11. The first-order valence-electron chi connectivity index (χ1n) is 8.65. The molecule has 0 heterocycles. The number of carbonyl (C=O) groups is 1. The second kappa shape index (κ2) is 9.09. The molecule has 0 spiro atoms. The number of methoxy groups -OCH3 is 1. The minimum absolute atomic E-state index is 0.348. The van der Waals surface area contributed by atoms with E-state index in [9.17, 15) is 9.90 Å². The van der Waals surface area contributed by atoms with Crippen molar-refractivity contribution in [3.05, 3.63) is 99.5 Å². The summed E-state index contributed by atoms with van der Waals surface area (Å²) in [7, 11) is 1.58. The summed E-state index contributed by atoms with van der Waals surface area (Å²) in [4.78, 5) is 13.0. The van der Waals surface area contributed by atoms with Gasteiger partial charge in [0.25, 0.3) is 5.91 Å². The van der Waals surface area contributed by atoms with Crippen LogP contribution in [0.4, 0.5) is 0 Å². The fourth-order valence-corrected chi connectivity index (χ4v) is 3.00. The molecule has 0 saturated carbocycles. The highest BCUT2D eigenvalue weighted by atomic mass is 35.5. The largest absolute Gasteiger partial charge is 0.497 e. The zero-order valence-electron chi connectivity index (χ0n) is 15.5. The van der Waals surface area contributed by atoms with Crippen LogP contribution in [0.3, 0.4) is 0 Å². The highest BCUT2D eigenvalue weighted by molar-refractivity contribution is 6.30. The molecule has 0 aromatic heterocycles. The molecule has 29 heavy (non-hydrogen) atoms. The number of amides is 1. The Morgan fingerprint density at radius 2 is 1.41 bits per heavy atom. The average molecular weight is 429 g/mol. The minimum atomic E-state index is -1.98. The molecule has 3 aromatic rings. The van der Waals surface area contributed by atoms with Crippen molar-refractivity contribution in [1.29, 1.82) is 0 Å². The number of hydrogen-bond acceptors (Lipinski definition) is 4. The molecule has 0 saturated heterocycles. The predicted molar refractivity (Wildman–Crippen MR) is 115 cm³/mol. The Balaban J connectivity index is 1.88. The number of halogens is 2. The SMILES string of the molecule is COc1ccc(/C=N/NC(=O)C(O)(c2ccc(Cl)cc2)c2ccc(Cl)cc2)cc1. The number of rotatable bonds is 6. The van der Waals surface area contributed by atoms with E-state index in [1.54, 1.807) is 79.9 Å². The van der Waals surface area contributed by atoms with Crippen molar-refractivity contribution in [1.82, 2.24) is 5.43 Å². The lowest BCUT2D eigenvalue weighted by Crippen LogP contribution is -2.43. The maximum atomic E-state index is 13.0. The van der Waals surface area contributed by atoms with Crippen LogP contribution >= 0.6 is 23.2 Å². The summed E-state index contributed by atoms with van der Waals surface area (Å²) in [6.07, 6.45) is 1.47. The molecular formula is C22H18Cl2N2O3. The van der Waals surface area contributed by atoms with E-state index in [1.807, 2.05) is 0 Å². The smallest absolute Gasteiger partial charge is 0.281 e. The van der Waals surface area contributed by atoms with Crippen LogP contribution in [0.5, 0.6) is 5.75 Å². The molecule has 7 heteroatoms. The van der Waals surface area contributed by atoms with E-state index in [4.69, 9.17) is 27.9 Å². The van der Waals surface area contributed by atoms with Crippen molar-refractivity contribution in [3.63, 3.8) is 0 Å². The molecular weight excluding hydrogens is 411 g/mol. The Hall–Kier alpha value is -2.86. The van der Waals surface area contributed by atoms with Crippen molar-refractivity contribution < 1.29 is 14.6 Å². The Labute approximate surface area is 178 Å². The summed E-state index contributed by atoms with van der Waals surface area (Å²) in [6.45, 7) is 0. The van der Waals surface area contributed by atoms with Gasteiger partial charge in [-0.05, 0) is 65.2 Å². The molecule has 148 valence electrons. The topological polar surface area (TPSA) is 70.9 Å². The number of nitrogens with zero attached hydrogens (tertiary/aromatic N) is 1. The first-order chi connectivity index (χ1) is 13.9. The summed E-state index contributed by atoms with van der Waals surface area (Å²) in [6, 6.07) is 19.9. The van der Waals surface area contributed by atoms with Gasteiger partial charge in [0.1, 0.15) is 5.75 Å². The predicted octanol–water partition coefficient (Wildman–Crippen LogP) is 4.39. The molecule has 0 aliphatic heterocycles. The molecule has 0 bridgehead atoms. The number of benzene rings is 3. The first-order valence-corrected chi connectivity index (χ1v) is 9.41. The normalized spacial score (nSPS) is 11.4. The van der Waals surface area contributed by atoms with Crippen LogP contribution in [0.1, 0.15) is 16.7 Å². The van der Waals surface area contributed by atoms with Gasteiger partial charge in [0.05, 0.1) is 13.3 Å². The number of ether oxygens (including phenoxy) is 1. The molecule has 0 fully saturated rings.